The fraction of sp³-hybridized carbons (Fsp3) is 0.217. The predicted molar refractivity (Wildman–Crippen MR) is 113 cm³/mol. The molecular weight excluding hydrogens is 439 g/mol. The van der Waals surface area contributed by atoms with Crippen LogP contribution < -0.4 is 5.56 Å². The van der Waals surface area contributed by atoms with Gasteiger partial charge in [0.2, 0.25) is 0 Å². The third-order valence-corrected chi connectivity index (χ3v) is 4.59. The first-order valence-electron chi connectivity index (χ1n) is 9.96. The molecule has 0 spiro atoms. The molecule has 3 rings (SSSR count). The molecule has 0 aliphatic heterocycles. The summed E-state index contributed by atoms with van der Waals surface area (Å²) < 4.78 is 44.5. The Kier molecular flexibility index (Phi) is 7.27. The van der Waals surface area contributed by atoms with Gasteiger partial charge in [-0.05, 0) is 42.8 Å². The molecule has 0 atom stereocenters. The smallest absolute Gasteiger partial charge is 0.416 e. The van der Waals surface area contributed by atoms with E-state index in [0.29, 0.717) is 11.3 Å². The molecule has 0 unspecified atom stereocenters. The van der Waals surface area contributed by atoms with E-state index in [2.05, 4.69) is 5.10 Å². The minimum atomic E-state index is -4.49. The van der Waals surface area contributed by atoms with Gasteiger partial charge in [0.05, 0.1) is 17.9 Å². The topological polar surface area (TPSA) is 81.5 Å². The van der Waals surface area contributed by atoms with Gasteiger partial charge in [0.25, 0.3) is 11.5 Å². The van der Waals surface area contributed by atoms with Crippen LogP contribution in [0.1, 0.15) is 28.5 Å². The number of nitrogens with zero attached hydrogens (tertiary/aromatic N) is 3. The fourth-order valence-electron chi connectivity index (χ4n) is 3.02. The highest BCUT2D eigenvalue weighted by atomic mass is 19.4. The second-order valence-electron chi connectivity index (χ2n) is 6.97. The third kappa shape index (κ3) is 6.06. The van der Waals surface area contributed by atoms with E-state index in [1.807, 2.05) is 0 Å². The Hall–Kier alpha value is -3.95. The molecule has 0 fully saturated rings. The maximum absolute atomic E-state index is 13.2. The normalized spacial score (nSPS) is 11.2. The first-order valence-corrected chi connectivity index (χ1v) is 9.96. The van der Waals surface area contributed by atoms with E-state index in [9.17, 15) is 27.6 Å². The van der Waals surface area contributed by atoms with Crippen molar-refractivity contribution in [1.82, 2.24) is 14.7 Å². The lowest BCUT2D eigenvalue weighted by Gasteiger charge is -2.22. The second-order valence-corrected chi connectivity index (χ2v) is 6.97. The Morgan fingerprint density at radius 1 is 1.00 bits per heavy atom. The molecule has 1 heterocycles. The number of halogens is 3. The van der Waals surface area contributed by atoms with Crippen LogP contribution in [-0.4, -0.2) is 39.7 Å². The molecule has 33 heavy (non-hydrogen) atoms. The van der Waals surface area contributed by atoms with E-state index in [0.717, 1.165) is 21.7 Å². The summed E-state index contributed by atoms with van der Waals surface area (Å²) in [6.45, 7) is 1.09. The van der Waals surface area contributed by atoms with Crippen LogP contribution in [0.2, 0.25) is 0 Å². The van der Waals surface area contributed by atoms with E-state index in [1.54, 1.807) is 37.3 Å². The maximum atomic E-state index is 13.2. The number of para-hydroxylation sites is 1. The molecule has 172 valence electrons. The van der Waals surface area contributed by atoms with Crippen LogP contribution in [-0.2, 0) is 22.3 Å². The third-order valence-electron chi connectivity index (χ3n) is 4.59. The number of ether oxygens (including phenoxy) is 1. The molecule has 0 aliphatic carbocycles. The molecule has 1 amide bonds. The van der Waals surface area contributed by atoms with E-state index in [4.69, 9.17) is 4.74 Å². The van der Waals surface area contributed by atoms with E-state index < -0.39 is 35.7 Å². The Morgan fingerprint density at radius 3 is 2.27 bits per heavy atom. The van der Waals surface area contributed by atoms with Crippen molar-refractivity contribution in [2.75, 3.05) is 13.2 Å². The van der Waals surface area contributed by atoms with E-state index >= 15 is 0 Å². The van der Waals surface area contributed by atoms with Gasteiger partial charge in [0.15, 0.2) is 0 Å². The predicted octanol–water partition coefficient (Wildman–Crippen LogP) is 3.46. The summed E-state index contributed by atoms with van der Waals surface area (Å²) in [5.74, 6) is -1.37. The number of benzene rings is 2. The summed E-state index contributed by atoms with van der Waals surface area (Å²) in [6.07, 6.45) is -4.49. The number of esters is 1. The van der Waals surface area contributed by atoms with Crippen LogP contribution in [0.25, 0.3) is 5.69 Å². The first-order chi connectivity index (χ1) is 15.7. The van der Waals surface area contributed by atoms with Crippen molar-refractivity contribution in [1.29, 1.82) is 0 Å². The fourth-order valence-corrected chi connectivity index (χ4v) is 3.02. The summed E-state index contributed by atoms with van der Waals surface area (Å²) in [4.78, 5) is 38.6. The van der Waals surface area contributed by atoms with Crippen LogP contribution in [0.15, 0.2) is 71.5 Å². The van der Waals surface area contributed by atoms with Crippen molar-refractivity contribution in [2.24, 2.45) is 0 Å². The number of rotatable bonds is 7. The average Bonchev–Trinajstić information content (AvgIpc) is 2.79. The summed E-state index contributed by atoms with van der Waals surface area (Å²) in [6, 6.07) is 15.1. The summed E-state index contributed by atoms with van der Waals surface area (Å²) in [5, 5.41) is 4.12. The molecule has 2 aromatic carbocycles. The Labute approximate surface area is 187 Å². The highest BCUT2D eigenvalue weighted by Gasteiger charge is 2.30. The zero-order valence-electron chi connectivity index (χ0n) is 17.6. The van der Waals surface area contributed by atoms with Crippen molar-refractivity contribution in [3.63, 3.8) is 0 Å². The molecule has 7 nitrogen and oxygen atoms in total. The Balaban J connectivity index is 1.91. The summed E-state index contributed by atoms with van der Waals surface area (Å²) in [5.41, 5.74) is -0.591. The van der Waals surface area contributed by atoms with Crippen molar-refractivity contribution in [3.05, 3.63) is 93.9 Å². The number of amides is 1. The highest BCUT2D eigenvalue weighted by Crippen LogP contribution is 2.29. The number of carbonyl (C=O) groups is 2. The number of hydrogen-bond acceptors (Lipinski definition) is 5. The second kappa shape index (κ2) is 10.1. The molecular formula is C23H20F3N3O4. The largest absolute Gasteiger partial charge is 0.465 e. The van der Waals surface area contributed by atoms with Crippen molar-refractivity contribution < 1.29 is 27.5 Å². The number of hydrogen-bond donors (Lipinski definition) is 0. The zero-order chi connectivity index (χ0) is 24.0. The SMILES string of the molecule is CCOC(=O)CN(Cc1ccc(C(F)(F)F)cc1)C(=O)c1ccc(=O)n(-c2ccccc2)n1. The van der Waals surface area contributed by atoms with Gasteiger partial charge in [0, 0.05) is 12.6 Å². The molecule has 0 saturated heterocycles. The number of alkyl halides is 3. The van der Waals surface area contributed by atoms with Crippen LogP contribution in [0.3, 0.4) is 0 Å². The van der Waals surface area contributed by atoms with E-state index in [-0.39, 0.29) is 18.8 Å². The lowest BCUT2D eigenvalue weighted by molar-refractivity contribution is -0.144. The first kappa shape index (κ1) is 23.7. The van der Waals surface area contributed by atoms with Crippen LogP contribution in [0.4, 0.5) is 13.2 Å². The quantitative estimate of drug-likeness (QED) is 0.506. The van der Waals surface area contributed by atoms with Gasteiger partial charge in [-0.15, -0.1) is 0 Å². The lowest BCUT2D eigenvalue weighted by Crippen LogP contribution is -2.37. The van der Waals surface area contributed by atoms with Gasteiger partial charge < -0.3 is 9.64 Å². The van der Waals surface area contributed by atoms with Gasteiger partial charge in [-0.1, -0.05) is 30.3 Å². The van der Waals surface area contributed by atoms with Crippen molar-refractivity contribution in [2.45, 2.75) is 19.6 Å². The molecule has 3 aromatic rings. The van der Waals surface area contributed by atoms with E-state index in [1.165, 1.54) is 24.3 Å². The lowest BCUT2D eigenvalue weighted by atomic mass is 10.1. The van der Waals surface area contributed by atoms with Crippen LogP contribution >= 0.6 is 0 Å². The highest BCUT2D eigenvalue weighted by molar-refractivity contribution is 5.94. The molecule has 0 aliphatic rings. The zero-order valence-corrected chi connectivity index (χ0v) is 17.6. The minimum absolute atomic E-state index is 0.0955. The standard InChI is InChI=1S/C23H20F3N3O4/c1-2-33-21(31)15-28(14-16-8-10-17(11-9-16)23(24,25)26)22(32)19-12-13-20(30)29(27-19)18-6-4-3-5-7-18/h3-13H,2,14-15H2,1H3. The van der Waals surface area contributed by atoms with Gasteiger partial charge in [-0.3, -0.25) is 14.4 Å². The van der Waals surface area contributed by atoms with Crippen molar-refractivity contribution in [3.8, 4) is 5.69 Å². The van der Waals surface area contributed by atoms with Gasteiger partial charge >= 0.3 is 12.1 Å². The average molecular weight is 459 g/mol. The molecule has 0 saturated carbocycles. The monoisotopic (exact) mass is 459 g/mol. The molecule has 0 bridgehead atoms. The summed E-state index contributed by atoms with van der Waals surface area (Å²) >= 11 is 0. The number of carbonyl (C=O) groups excluding carboxylic acids is 2. The maximum Gasteiger partial charge on any atom is 0.416 e. The van der Waals surface area contributed by atoms with Gasteiger partial charge in [-0.2, -0.15) is 23.0 Å². The molecule has 10 heteroatoms. The minimum Gasteiger partial charge on any atom is -0.465 e. The van der Waals surface area contributed by atoms with Crippen LogP contribution in [0.5, 0.6) is 0 Å². The van der Waals surface area contributed by atoms with Crippen molar-refractivity contribution >= 4 is 11.9 Å². The molecule has 0 radical (unpaired) electrons. The van der Waals surface area contributed by atoms with Gasteiger partial charge in [0.1, 0.15) is 12.2 Å². The van der Waals surface area contributed by atoms with Gasteiger partial charge in [-0.25, -0.2) is 0 Å². The Morgan fingerprint density at radius 2 is 1.67 bits per heavy atom. The van der Waals surface area contributed by atoms with Crippen LogP contribution in [0, 0.1) is 0 Å². The molecule has 0 N–H and O–H groups in total. The number of aromatic nitrogens is 2. The molecule has 1 aromatic heterocycles. The summed E-state index contributed by atoms with van der Waals surface area (Å²) in [7, 11) is 0. The Bertz CT molecular complexity index is 1180.